The van der Waals surface area contributed by atoms with E-state index in [-0.39, 0.29) is 0 Å². The molecule has 0 aliphatic carbocycles. The zero-order chi connectivity index (χ0) is 7.56. The molecule has 0 unspecified atom stereocenters. The van der Waals surface area contributed by atoms with Crippen LogP contribution in [0.25, 0.3) is 0 Å². The first-order valence-electron chi connectivity index (χ1n) is 2.72. The molecule has 1 aromatic rings. The van der Waals surface area contributed by atoms with Gasteiger partial charge in [0.25, 0.3) is 0 Å². The molecule has 0 amide bonds. The Kier molecular flexibility index (Phi) is 2.01. The molecule has 0 spiro atoms. The minimum atomic E-state index is 0.360. The topological polar surface area (TPSA) is 41.9 Å². The van der Waals surface area contributed by atoms with Gasteiger partial charge in [-0.3, -0.25) is 0 Å². The van der Waals surface area contributed by atoms with E-state index in [2.05, 4.69) is 15.2 Å². The van der Waals surface area contributed by atoms with Crippen LogP contribution < -0.4 is 4.90 Å². The Morgan fingerprint density at radius 1 is 1.50 bits per heavy atom. The summed E-state index contributed by atoms with van der Waals surface area (Å²) in [5.41, 5.74) is 0. The van der Waals surface area contributed by atoms with Crippen LogP contribution in [0.15, 0.2) is 6.20 Å². The second-order valence-corrected chi connectivity index (χ2v) is 2.36. The van der Waals surface area contributed by atoms with Gasteiger partial charge in [-0.05, 0) is 0 Å². The van der Waals surface area contributed by atoms with E-state index in [0.29, 0.717) is 11.1 Å². The fourth-order valence-electron chi connectivity index (χ4n) is 0.464. The first-order chi connectivity index (χ1) is 4.70. The number of hydrogen-bond acceptors (Lipinski definition) is 4. The van der Waals surface area contributed by atoms with Crippen molar-refractivity contribution in [1.29, 1.82) is 0 Å². The Bertz CT molecular complexity index is 225. The third-order valence-electron chi connectivity index (χ3n) is 0.918. The third kappa shape index (κ3) is 1.54. The van der Waals surface area contributed by atoms with E-state index in [0.717, 1.165) is 0 Å². The summed E-state index contributed by atoms with van der Waals surface area (Å²) < 4.78 is 0. The van der Waals surface area contributed by atoms with Crippen LogP contribution in [0.3, 0.4) is 0 Å². The highest BCUT2D eigenvalue weighted by Crippen LogP contribution is 2.04. The molecule has 1 heterocycles. The summed E-state index contributed by atoms with van der Waals surface area (Å²) in [6.45, 7) is 0. The fraction of sp³-hybridized carbons (Fsp3) is 0.400. The van der Waals surface area contributed by atoms with Gasteiger partial charge in [-0.25, -0.2) is 0 Å². The Morgan fingerprint density at radius 2 is 2.20 bits per heavy atom. The largest absolute Gasteiger partial charge is 0.346 e. The predicted molar refractivity (Wildman–Crippen MR) is 39.2 cm³/mol. The van der Waals surface area contributed by atoms with Crippen molar-refractivity contribution >= 4 is 17.5 Å². The van der Waals surface area contributed by atoms with Gasteiger partial charge in [-0.2, -0.15) is 10.1 Å². The van der Waals surface area contributed by atoms with Crippen LogP contribution in [0.1, 0.15) is 0 Å². The standard InChI is InChI=1S/C5H7ClN4/c1-10(2)5-8-4(6)3-7-9-5/h3H,1-2H3. The minimum absolute atomic E-state index is 0.360. The highest BCUT2D eigenvalue weighted by atomic mass is 35.5. The quantitative estimate of drug-likeness (QED) is 0.600. The molecule has 5 heteroatoms. The summed E-state index contributed by atoms with van der Waals surface area (Å²) in [6.07, 6.45) is 1.40. The van der Waals surface area contributed by atoms with E-state index in [4.69, 9.17) is 11.6 Å². The Morgan fingerprint density at radius 3 is 2.60 bits per heavy atom. The van der Waals surface area contributed by atoms with Crippen molar-refractivity contribution in [2.75, 3.05) is 19.0 Å². The normalized spacial score (nSPS) is 9.50. The molecule has 0 saturated heterocycles. The van der Waals surface area contributed by atoms with E-state index in [1.54, 1.807) is 4.90 Å². The van der Waals surface area contributed by atoms with Gasteiger partial charge in [0.1, 0.15) is 0 Å². The number of anilines is 1. The Labute approximate surface area is 63.9 Å². The van der Waals surface area contributed by atoms with Crippen molar-refractivity contribution in [3.8, 4) is 0 Å². The second-order valence-electron chi connectivity index (χ2n) is 1.97. The highest BCUT2D eigenvalue weighted by molar-refractivity contribution is 6.29. The second kappa shape index (κ2) is 2.79. The summed E-state index contributed by atoms with van der Waals surface area (Å²) >= 11 is 5.55. The van der Waals surface area contributed by atoms with Crippen LogP contribution in [0.4, 0.5) is 5.95 Å². The van der Waals surface area contributed by atoms with Gasteiger partial charge in [0.05, 0.1) is 6.20 Å². The van der Waals surface area contributed by atoms with Gasteiger partial charge in [-0.15, -0.1) is 5.10 Å². The lowest BCUT2D eigenvalue weighted by atomic mass is 10.8. The fourth-order valence-corrected chi connectivity index (χ4v) is 0.584. The van der Waals surface area contributed by atoms with Gasteiger partial charge in [0.15, 0.2) is 5.15 Å². The van der Waals surface area contributed by atoms with Crippen LogP contribution in [0.2, 0.25) is 5.15 Å². The summed E-state index contributed by atoms with van der Waals surface area (Å²) in [6, 6.07) is 0. The first kappa shape index (κ1) is 7.21. The van der Waals surface area contributed by atoms with Crippen molar-refractivity contribution < 1.29 is 0 Å². The molecule has 0 saturated carbocycles. The minimum Gasteiger partial charge on any atom is -0.346 e. The molecular formula is C5H7ClN4. The summed E-state index contributed by atoms with van der Waals surface area (Å²) in [4.78, 5) is 5.63. The molecule has 1 rings (SSSR count). The van der Waals surface area contributed by atoms with E-state index in [1.807, 2.05) is 14.1 Å². The highest BCUT2D eigenvalue weighted by Gasteiger charge is 1.98. The van der Waals surface area contributed by atoms with Crippen molar-refractivity contribution in [3.05, 3.63) is 11.3 Å². The molecule has 0 atom stereocenters. The van der Waals surface area contributed by atoms with Crippen molar-refractivity contribution in [2.45, 2.75) is 0 Å². The maximum absolute atomic E-state index is 5.55. The molecule has 0 bridgehead atoms. The molecule has 54 valence electrons. The molecule has 0 aromatic carbocycles. The molecule has 0 fully saturated rings. The van der Waals surface area contributed by atoms with Crippen molar-refractivity contribution in [2.24, 2.45) is 0 Å². The van der Waals surface area contributed by atoms with Gasteiger partial charge in [0, 0.05) is 14.1 Å². The zero-order valence-electron chi connectivity index (χ0n) is 5.74. The van der Waals surface area contributed by atoms with Gasteiger partial charge in [0.2, 0.25) is 5.95 Å². The van der Waals surface area contributed by atoms with Crippen LogP contribution >= 0.6 is 11.6 Å². The van der Waals surface area contributed by atoms with E-state index < -0.39 is 0 Å². The maximum atomic E-state index is 5.55. The molecule has 10 heavy (non-hydrogen) atoms. The van der Waals surface area contributed by atoms with E-state index >= 15 is 0 Å². The number of aromatic nitrogens is 3. The molecule has 0 radical (unpaired) electrons. The third-order valence-corrected chi connectivity index (χ3v) is 1.10. The number of rotatable bonds is 1. The SMILES string of the molecule is CN(C)c1nncc(Cl)n1. The zero-order valence-corrected chi connectivity index (χ0v) is 6.50. The van der Waals surface area contributed by atoms with Crippen LogP contribution in [-0.2, 0) is 0 Å². The molecule has 0 aliphatic rings. The van der Waals surface area contributed by atoms with Gasteiger partial charge < -0.3 is 4.90 Å². The molecule has 0 aliphatic heterocycles. The first-order valence-corrected chi connectivity index (χ1v) is 3.10. The molecular weight excluding hydrogens is 152 g/mol. The number of hydrogen-bond donors (Lipinski definition) is 0. The molecule has 0 N–H and O–H groups in total. The molecule has 1 aromatic heterocycles. The van der Waals surface area contributed by atoms with E-state index in [1.165, 1.54) is 6.20 Å². The van der Waals surface area contributed by atoms with Gasteiger partial charge >= 0.3 is 0 Å². The number of halogens is 1. The Hall–Kier alpha value is -0.900. The predicted octanol–water partition coefficient (Wildman–Crippen LogP) is 0.591. The van der Waals surface area contributed by atoms with Crippen molar-refractivity contribution in [1.82, 2.24) is 15.2 Å². The summed E-state index contributed by atoms with van der Waals surface area (Å²) in [7, 11) is 3.65. The lowest BCUT2D eigenvalue weighted by Crippen LogP contribution is -2.13. The van der Waals surface area contributed by atoms with Crippen molar-refractivity contribution in [3.63, 3.8) is 0 Å². The van der Waals surface area contributed by atoms with E-state index in [9.17, 15) is 0 Å². The van der Waals surface area contributed by atoms with Crippen LogP contribution in [-0.4, -0.2) is 29.3 Å². The van der Waals surface area contributed by atoms with Crippen LogP contribution in [0, 0.1) is 0 Å². The number of nitrogens with zero attached hydrogens (tertiary/aromatic N) is 4. The maximum Gasteiger partial charge on any atom is 0.246 e. The Balaban J connectivity index is 2.96. The smallest absolute Gasteiger partial charge is 0.246 e. The van der Waals surface area contributed by atoms with Gasteiger partial charge in [-0.1, -0.05) is 11.6 Å². The molecule has 4 nitrogen and oxygen atoms in total. The average molecular weight is 159 g/mol. The summed E-state index contributed by atoms with van der Waals surface area (Å²) in [5, 5.41) is 7.70. The summed E-state index contributed by atoms with van der Waals surface area (Å²) in [5.74, 6) is 0.521. The lowest BCUT2D eigenvalue weighted by molar-refractivity contribution is 0.907. The monoisotopic (exact) mass is 158 g/mol. The van der Waals surface area contributed by atoms with Crippen LogP contribution in [0.5, 0.6) is 0 Å². The lowest BCUT2D eigenvalue weighted by Gasteiger charge is -2.06. The average Bonchev–Trinajstić information content (AvgIpc) is 1.88.